The zero-order valence-corrected chi connectivity index (χ0v) is 12.9. The van der Waals surface area contributed by atoms with E-state index in [-0.39, 0.29) is 23.9 Å². The predicted molar refractivity (Wildman–Crippen MR) is 78.6 cm³/mol. The van der Waals surface area contributed by atoms with Gasteiger partial charge in [0.2, 0.25) is 15.9 Å². The molecule has 120 valence electrons. The Hall–Kier alpha value is -1.93. The summed E-state index contributed by atoms with van der Waals surface area (Å²) in [4.78, 5) is 22.4. The Balaban J connectivity index is 1.75. The smallest absolute Gasteiger partial charge is 0.307 e. The highest BCUT2D eigenvalue weighted by molar-refractivity contribution is 7.89. The summed E-state index contributed by atoms with van der Waals surface area (Å²) >= 11 is 0. The first kappa shape index (κ1) is 16.4. The largest absolute Gasteiger partial charge is 0.481 e. The van der Waals surface area contributed by atoms with Gasteiger partial charge in [0.05, 0.1) is 16.7 Å². The third-order valence-electron chi connectivity index (χ3n) is 3.49. The molecule has 2 atom stereocenters. The first-order valence-corrected chi connectivity index (χ1v) is 8.36. The van der Waals surface area contributed by atoms with E-state index in [0.29, 0.717) is 6.42 Å². The van der Waals surface area contributed by atoms with Gasteiger partial charge in [0.1, 0.15) is 0 Å². The van der Waals surface area contributed by atoms with E-state index in [1.807, 2.05) is 6.92 Å². The predicted octanol–water partition coefficient (Wildman–Crippen LogP) is 0.110. The summed E-state index contributed by atoms with van der Waals surface area (Å²) in [7, 11) is -3.60. The van der Waals surface area contributed by atoms with Crippen LogP contribution >= 0.6 is 0 Å². The Labute approximate surface area is 128 Å². The van der Waals surface area contributed by atoms with Gasteiger partial charge in [-0.25, -0.2) is 13.1 Å². The first-order valence-electron chi connectivity index (χ1n) is 6.88. The van der Waals surface area contributed by atoms with Gasteiger partial charge in [0.15, 0.2) is 0 Å². The SMILES string of the molecule is Cc1ccc(S(=O)(=O)NCCNC(=O)C2CC2C(=O)O)cc1. The van der Waals surface area contributed by atoms with Crippen LogP contribution in [0.3, 0.4) is 0 Å². The number of carboxylic acids is 1. The molecule has 1 aromatic carbocycles. The fourth-order valence-electron chi connectivity index (χ4n) is 2.06. The van der Waals surface area contributed by atoms with Crippen molar-refractivity contribution in [2.45, 2.75) is 18.2 Å². The van der Waals surface area contributed by atoms with Gasteiger partial charge in [-0.2, -0.15) is 0 Å². The second kappa shape index (κ2) is 6.45. The Morgan fingerprint density at radius 1 is 1.18 bits per heavy atom. The molecule has 22 heavy (non-hydrogen) atoms. The summed E-state index contributed by atoms with van der Waals surface area (Å²) in [6.45, 7) is 2.03. The van der Waals surface area contributed by atoms with Crippen molar-refractivity contribution in [2.75, 3.05) is 13.1 Å². The number of aliphatic carboxylic acids is 1. The van der Waals surface area contributed by atoms with Crippen molar-refractivity contribution in [3.05, 3.63) is 29.8 Å². The minimum atomic E-state index is -3.60. The number of nitrogens with one attached hydrogen (secondary N) is 2. The maximum atomic E-state index is 12.0. The van der Waals surface area contributed by atoms with Gasteiger partial charge in [0.25, 0.3) is 0 Å². The highest BCUT2D eigenvalue weighted by Gasteiger charge is 2.48. The van der Waals surface area contributed by atoms with Crippen LogP contribution in [-0.4, -0.2) is 38.5 Å². The normalized spacial score (nSPS) is 20.4. The quantitative estimate of drug-likeness (QED) is 0.616. The number of aryl methyl sites for hydroxylation is 1. The molecule has 0 aliphatic heterocycles. The number of carbonyl (C=O) groups excluding carboxylic acids is 1. The topological polar surface area (TPSA) is 113 Å². The Morgan fingerprint density at radius 2 is 1.82 bits per heavy atom. The zero-order valence-electron chi connectivity index (χ0n) is 12.1. The highest BCUT2D eigenvalue weighted by atomic mass is 32.2. The Bertz CT molecular complexity index is 669. The van der Waals surface area contributed by atoms with Crippen molar-refractivity contribution in [2.24, 2.45) is 11.8 Å². The van der Waals surface area contributed by atoms with Gasteiger partial charge in [-0.1, -0.05) is 17.7 Å². The van der Waals surface area contributed by atoms with E-state index in [2.05, 4.69) is 10.0 Å². The van der Waals surface area contributed by atoms with E-state index >= 15 is 0 Å². The number of carbonyl (C=O) groups is 2. The maximum Gasteiger partial charge on any atom is 0.307 e. The number of hydrogen-bond acceptors (Lipinski definition) is 4. The van der Waals surface area contributed by atoms with Crippen molar-refractivity contribution in [3.63, 3.8) is 0 Å². The van der Waals surface area contributed by atoms with Gasteiger partial charge in [0, 0.05) is 13.1 Å². The van der Waals surface area contributed by atoms with Gasteiger partial charge < -0.3 is 10.4 Å². The molecule has 0 saturated heterocycles. The van der Waals surface area contributed by atoms with Crippen LogP contribution in [0.5, 0.6) is 0 Å². The maximum absolute atomic E-state index is 12.0. The van der Waals surface area contributed by atoms with Crippen LogP contribution in [0.15, 0.2) is 29.2 Å². The fraction of sp³-hybridized carbons (Fsp3) is 0.429. The second-order valence-electron chi connectivity index (χ2n) is 5.29. The van der Waals surface area contributed by atoms with Gasteiger partial charge in [-0.15, -0.1) is 0 Å². The summed E-state index contributed by atoms with van der Waals surface area (Å²) in [6.07, 6.45) is 0.344. The summed E-state index contributed by atoms with van der Waals surface area (Å²) in [5.41, 5.74) is 0.962. The van der Waals surface area contributed by atoms with Crippen LogP contribution in [0.25, 0.3) is 0 Å². The van der Waals surface area contributed by atoms with Crippen LogP contribution in [-0.2, 0) is 19.6 Å². The lowest BCUT2D eigenvalue weighted by Gasteiger charge is -2.08. The highest BCUT2D eigenvalue weighted by Crippen LogP contribution is 2.38. The minimum absolute atomic E-state index is 0.0480. The second-order valence-corrected chi connectivity index (χ2v) is 7.06. The number of hydrogen-bond donors (Lipinski definition) is 3. The molecule has 0 bridgehead atoms. The average Bonchev–Trinajstić information content (AvgIpc) is 3.24. The molecule has 0 heterocycles. The molecular weight excluding hydrogens is 308 g/mol. The molecule has 2 rings (SSSR count). The van der Waals surface area contributed by atoms with Crippen molar-refractivity contribution < 1.29 is 23.1 Å². The van der Waals surface area contributed by atoms with Crippen LogP contribution in [0.1, 0.15) is 12.0 Å². The number of amides is 1. The van der Waals surface area contributed by atoms with Crippen LogP contribution in [0.4, 0.5) is 0 Å². The molecule has 0 radical (unpaired) electrons. The molecule has 1 aromatic rings. The molecule has 0 aromatic heterocycles. The molecule has 8 heteroatoms. The number of carboxylic acid groups (broad SMARTS) is 1. The lowest BCUT2D eigenvalue weighted by atomic mass is 10.2. The Kier molecular flexibility index (Phi) is 4.82. The molecule has 1 saturated carbocycles. The average molecular weight is 326 g/mol. The van der Waals surface area contributed by atoms with E-state index < -0.39 is 27.8 Å². The third-order valence-corrected chi connectivity index (χ3v) is 4.97. The van der Waals surface area contributed by atoms with Gasteiger partial charge in [-0.05, 0) is 25.5 Å². The van der Waals surface area contributed by atoms with E-state index in [1.165, 1.54) is 12.1 Å². The monoisotopic (exact) mass is 326 g/mol. The van der Waals surface area contributed by atoms with E-state index in [4.69, 9.17) is 5.11 Å². The minimum Gasteiger partial charge on any atom is -0.481 e. The molecule has 1 fully saturated rings. The van der Waals surface area contributed by atoms with Crippen LogP contribution < -0.4 is 10.0 Å². The van der Waals surface area contributed by atoms with E-state index in [9.17, 15) is 18.0 Å². The van der Waals surface area contributed by atoms with Crippen molar-refractivity contribution in [1.29, 1.82) is 0 Å². The molecule has 2 unspecified atom stereocenters. The number of benzene rings is 1. The number of sulfonamides is 1. The molecule has 7 nitrogen and oxygen atoms in total. The zero-order chi connectivity index (χ0) is 16.3. The van der Waals surface area contributed by atoms with Crippen molar-refractivity contribution in [3.8, 4) is 0 Å². The first-order chi connectivity index (χ1) is 10.3. The van der Waals surface area contributed by atoms with Gasteiger partial charge in [-0.3, -0.25) is 9.59 Å². The lowest BCUT2D eigenvalue weighted by Crippen LogP contribution is -2.35. The molecule has 1 aliphatic carbocycles. The van der Waals surface area contributed by atoms with Crippen molar-refractivity contribution in [1.82, 2.24) is 10.0 Å². The van der Waals surface area contributed by atoms with Crippen molar-refractivity contribution >= 4 is 21.9 Å². The standard InChI is InChI=1S/C14H18N2O5S/c1-9-2-4-10(5-3-9)22(20,21)16-7-6-15-13(17)11-8-12(11)14(18)19/h2-5,11-12,16H,6-8H2,1H3,(H,15,17)(H,18,19). The summed E-state index contributed by atoms with van der Waals surface area (Å²) < 4.78 is 26.3. The number of rotatable bonds is 7. The fourth-order valence-corrected chi connectivity index (χ4v) is 3.09. The van der Waals surface area contributed by atoms with E-state index in [1.54, 1.807) is 12.1 Å². The molecule has 3 N–H and O–H groups in total. The third kappa shape index (κ3) is 4.05. The molecule has 1 amide bonds. The molecular formula is C14H18N2O5S. The summed E-state index contributed by atoms with van der Waals surface area (Å²) in [6, 6.07) is 6.43. The summed E-state index contributed by atoms with van der Waals surface area (Å²) in [5.74, 6) is -2.42. The van der Waals surface area contributed by atoms with E-state index in [0.717, 1.165) is 5.56 Å². The van der Waals surface area contributed by atoms with Crippen LogP contribution in [0.2, 0.25) is 0 Å². The van der Waals surface area contributed by atoms with Crippen LogP contribution in [0, 0.1) is 18.8 Å². The van der Waals surface area contributed by atoms with Gasteiger partial charge >= 0.3 is 5.97 Å². The molecule has 0 spiro atoms. The Morgan fingerprint density at radius 3 is 2.36 bits per heavy atom. The summed E-state index contributed by atoms with van der Waals surface area (Å²) in [5, 5.41) is 11.3. The molecule has 1 aliphatic rings. The lowest BCUT2D eigenvalue weighted by molar-refractivity contribution is -0.140.